The van der Waals surface area contributed by atoms with Crippen molar-refractivity contribution in [1.82, 2.24) is 9.78 Å². The summed E-state index contributed by atoms with van der Waals surface area (Å²) in [5.74, 6) is 0.759. The SMILES string of the molecule is CCCc1nn(C)c2c1C(=O)CC(C)C2. The number of aryl methyl sites for hydroxylation is 2. The van der Waals surface area contributed by atoms with Gasteiger partial charge in [0.1, 0.15) is 0 Å². The molecule has 0 radical (unpaired) electrons. The first-order valence-electron chi connectivity index (χ1n) is 5.71. The molecule has 1 aromatic rings. The highest BCUT2D eigenvalue weighted by atomic mass is 16.1. The first kappa shape index (κ1) is 10.4. The molecule has 0 saturated heterocycles. The van der Waals surface area contributed by atoms with Gasteiger partial charge in [-0.05, 0) is 18.8 Å². The quantitative estimate of drug-likeness (QED) is 0.743. The average Bonchev–Trinajstić information content (AvgIpc) is 2.44. The molecular formula is C12H18N2O. The molecule has 1 aliphatic rings. The third-order valence-electron chi connectivity index (χ3n) is 3.08. The zero-order chi connectivity index (χ0) is 11.0. The van der Waals surface area contributed by atoms with Gasteiger partial charge in [0.2, 0.25) is 0 Å². The number of carbonyl (C=O) groups is 1. The van der Waals surface area contributed by atoms with Crippen LogP contribution in [-0.2, 0) is 19.9 Å². The van der Waals surface area contributed by atoms with Crippen LogP contribution in [0.3, 0.4) is 0 Å². The molecule has 0 bridgehead atoms. The Morgan fingerprint density at radius 3 is 2.87 bits per heavy atom. The molecule has 0 N–H and O–H groups in total. The fraction of sp³-hybridized carbons (Fsp3) is 0.667. The second-order valence-electron chi connectivity index (χ2n) is 4.58. The second kappa shape index (κ2) is 3.80. The van der Waals surface area contributed by atoms with Crippen molar-refractivity contribution < 1.29 is 4.79 Å². The maximum absolute atomic E-state index is 12.0. The van der Waals surface area contributed by atoms with Gasteiger partial charge in [-0.1, -0.05) is 20.3 Å². The second-order valence-corrected chi connectivity index (χ2v) is 4.58. The summed E-state index contributed by atoms with van der Waals surface area (Å²) in [5, 5.41) is 4.46. The molecule has 0 amide bonds. The first-order chi connectivity index (χ1) is 7.13. The van der Waals surface area contributed by atoms with Crippen LogP contribution in [0.5, 0.6) is 0 Å². The summed E-state index contributed by atoms with van der Waals surface area (Å²) < 4.78 is 1.90. The van der Waals surface area contributed by atoms with E-state index in [0.717, 1.165) is 36.2 Å². The molecule has 1 aromatic heterocycles. The minimum Gasteiger partial charge on any atom is -0.294 e. The Balaban J connectivity index is 2.46. The zero-order valence-electron chi connectivity index (χ0n) is 9.71. The van der Waals surface area contributed by atoms with E-state index in [1.807, 2.05) is 11.7 Å². The third kappa shape index (κ3) is 1.71. The van der Waals surface area contributed by atoms with Gasteiger partial charge in [0.15, 0.2) is 5.78 Å². The monoisotopic (exact) mass is 206 g/mol. The number of aromatic nitrogens is 2. The van der Waals surface area contributed by atoms with Crippen LogP contribution in [0.25, 0.3) is 0 Å². The summed E-state index contributed by atoms with van der Waals surface area (Å²) in [7, 11) is 1.95. The van der Waals surface area contributed by atoms with Crippen molar-refractivity contribution in [2.45, 2.75) is 39.5 Å². The number of nitrogens with zero attached hydrogens (tertiary/aromatic N) is 2. The van der Waals surface area contributed by atoms with Crippen LogP contribution in [0.1, 0.15) is 48.4 Å². The van der Waals surface area contributed by atoms with Gasteiger partial charge in [-0.25, -0.2) is 0 Å². The van der Waals surface area contributed by atoms with E-state index in [0.29, 0.717) is 18.1 Å². The Morgan fingerprint density at radius 1 is 1.47 bits per heavy atom. The number of hydrogen-bond donors (Lipinski definition) is 0. The molecule has 3 nitrogen and oxygen atoms in total. The molecule has 0 aliphatic heterocycles. The van der Waals surface area contributed by atoms with Crippen molar-refractivity contribution >= 4 is 5.78 Å². The van der Waals surface area contributed by atoms with Crippen molar-refractivity contribution in [3.05, 3.63) is 17.0 Å². The van der Waals surface area contributed by atoms with E-state index in [1.54, 1.807) is 0 Å². The highest BCUT2D eigenvalue weighted by Crippen LogP contribution is 2.27. The normalized spacial score (nSPS) is 20.5. The molecule has 0 aromatic carbocycles. The Bertz CT molecular complexity index is 393. The molecule has 82 valence electrons. The number of rotatable bonds is 2. The van der Waals surface area contributed by atoms with E-state index in [-0.39, 0.29) is 0 Å². The van der Waals surface area contributed by atoms with E-state index in [1.165, 1.54) is 0 Å². The van der Waals surface area contributed by atoms with Crippen LogP contribution in [0.4, 0.5) is 0 Å². The highest BCUT2D eigenvalue weighted by Gasteiger charge is 2.28. The summed E-state index contributed by atoms with van der Waals surface area (Å²) in [5.41, 5.74) is 3.08. The van der Waals surface area contributed by atoms with Gasteiger partial charge in [-0.15, -0.1) is 0 Å². The summed E-state index contributed by atoms with van der Waals surface area (Å²) in [6.45, 7) is 4.25. The van der Waals surface area contributed by atoms with Crippen LogP contribution < -0.4 is 0 Å². The summed E-state index contributed by atoms with van der Waals surface area (Å²) in [6, 6.07) is 0. The first-order valence-corrected chi connectivity index (χ1v) is 5.71. The van der Waals surface area contributed by atoms with Gasteiger partial charge in [-0.3, -0.25) is 9.48 Å². The van der Waals surface area contributed by atoms with Gasteiger partial charge in [0, 0.05) is 19.2 Å². The van der Waals surface area contributed by atoms with Crippen LogP contribution in [-0.4, -0.2) is 15.6 Å². The van der Waals surface area contributed by atoms with E-state index in [9.17, 15) is 4.79 Å². The topological polar surface area (TPSA) is 34.9 Å². The lowest BCUT2D eigenvalue weighted by atomic mass is 9.86. The van der Waals surface area contributed by atoms with Crippen molar-refractivity contribution in [2.24, 2.45) is 13.0 Å². The number of fused-ring (bicyclic) bond motifs is 1. The van der Waals surface area contributed by atoms with Crippen LogP contribution in [0, 0.1) is 5.92 Å². The molecular weight excluding hydrogens is 188 g/mol. The van der Waals surface area contributed by atoms with Crippen LogP contribution in [0.2, 0.25) is 0 Å². The Labute approximate surface area is 90.5 Å². The van der Waals surface area contributed by atoms with Crippen LogP contribution >= 0.6 is 0 Å². The molecule has 0 spiro atoms. The lowest BCUT2D eigenvalue weighted by Gasteiger charge is -2.18. The molecule has 2 rings (SSSR count). The minimum absolute atomic E-state index is 0.292. The van der Waals surface area contributed by atoms with Gasteiger partial charge in [-0.2, -0.15) is 5.10 Å². The van der Waals surface area contributed by atoms with Crippen molar-refractivity contribution in [3.63, 3.8) is 0 Å². The van der Waals surface area contributed by atoms with Crippen molar-refractivity contribution in [1.29, 1.82) is 0 Å². The number of ketones is 1. The third-order valence-corrected chi connectivity index (χ3v) is 3.08. The number of Topliss-reactive ketones (excluding diaryl/α,β-unsaturated/α-hetero) is 1. The lowest BCUT2D eigenvalue weighted by molar-refractivity contribution is 0.0951. The van der Waals surface area contributed by atoms with Gasteiger partial charge < -0.3 is 0 Å². The molecule has 0 saturated carbocycles. The smallest absolute Gasteiger partial charge is 0.166 e. The predicted molar refractivity (Wildman–Crippen MR) is 59.0 cm³/mol. The van der Waals surface area contributed by atoms with E-state index in [2.05, 4.69) is 18.9 Å². The Kier molecular flexibility index (Phi) is 2.63. The highest BCUT2D eigenvalue weighted by molar-refractivity contribution is 5.99. The average molecular weight is 206 g/mol. The summed E-state index contributed by atoms with van der Waals surface area (Å²) in [6.07, 6.45) is 3.65. The minimum atomic E-state index is 0.292. The number of carbonyl (C=O) groups excluding carboxylic acids is 1. The van der Waals surface area contributed by atoms with Crippen molar-refractivity contribution in [2.75, 3.05) is 0 Å². The molecule has 0 fully saturated rings. The summed E-state index contributed by atoms with van der Waals surface area (Å²) >= 11 is 0. The zero-order valence-corrected chi connectivity index (χ0v) is 9.71. The maximum Gasteiger partial charge on any atom is 0.166 e. The van der Waals surface area contributed by atoms with E-state index in [4.69, 9.17) is 0 Å². The van der Waals surface area contributed by atoms with Gasteiger partial charge >= 0.3 is 0 Å². The molecule has 1 heterocycles. The lowest BCUT2D eigenvalue weighted by Crippen LogP contribution is -2.19. The van der Waals surface area contributed by atoms with Crippen molar-refractivity contribution in [3.8, 4) is 0 Å². The summed E-state index contributed by atoms with van der Waals surface area (Å²) in [4.78, 5) is 12.0. The largest absolute Gasteiger partial charge is 0.294 e. The molecule has 15 heavy (non-hydrogen) atoms. The molecule has 1 unspecified atom stereocenters. The van der Waals surface area contributed by atoms with Crippen LogP contribution in [0.15, 0.2) is 0 Å². The Morgan fingerprint density at radius 2 is 2.20 bits per heavy atom. The fourth-order valence-corrected chi connectivity index (χ4v) is 2.41. The molecule has 3 heteroatoms. The standard InChI is InChI=1S/C12H18N2O/c1-4-5-9-12-10(14(3)13-9)6-8(2)7-11(12)15/h8H,4-7H2,1-3H3. The molecule has 1 atom stereocenters. The Hall–Kier alpha value is -1.12. The van der Waals surface area contributed by atoms with E-state index >= 15 is 0 Å². The fourth-order valence-electron chi connectivity index (χ4n) is 2.41. The van der Waals surface area contributed by atoms with E-state index < -0.39 is 0 Å². The number of hydrogen-bond acceptors (Lipinski definition) is 2. The molecule has 1 aliphatic carbocycles. The van der Waals surface area contributed by atoms with Gasteiger partial charge in [0.05, 0.1) is 11.3 Å². The predicted octanol–water partition coefficient (Wildman–Crippen LogP) is 2.14. The van der Waals surface area contributed by atoms with Gasteiger partial charge in [0.25, 0.3) is 0 Å². The maximum atomic E-state index is 12.0.